The SMILES string of the molecule is COCc1nnn2c1COC1(CCN(C(=O)Cc3ccc(C)cc3)CC1)C2. The van der Waals surface area contributed by atoms with E-state index in [1.165, 1.54) is 5.56 Å². The van der Waals surface area contributed by atoms with Crippen LogP contribution >= 0.6 is 0 Å². The predicted molar refractivity (Wildman–Crippen MR) is 99.0 cm³/mol. The Kier molecular flexibility index (Phi) is 4.97. The number of amides is 1. The molecule has 0 atom stereocenters. The largest absolute Gasteiger partial charge is 0.378 e. The number of methoxy groups -OCH3 is 1. The maximum Gasteiger partial charge on any atom is 0.226 e. The van der Waals surface area contributed by atoms with Gasteiger partial charge in [-0.25, -0.2) is 4.68 Å². The van der Waals surface area contributed by atoms with Crippen molar-refractivity contribution in [2.24, 2.45) is 0 Å². The van der Waals surface area contributed by atoms with Crippen molar-refractivity contribution < 1.29 is 14.3 Å². The number of ether oxygens (including phenoxy) is 2. The third-order valence-corrected chi connectivity index (χ3v) is 5.66. The molecule has 0 saturated carbocycles. The third-order valence-electron chi connectivity index (χ3n) is 5.66. The van der Waals surface area contributed by atoms with Crippen molar-refractivity contribution in [1.82, 2.24) is 19.9 Å². The van der Waals surface area contributed by atoms with Gasteiger partial charge in [0.15, 0.2) is 0 Å². The molecule has 0 radical (unpaired) electrons. The smallest absolute Gasteiger partial charge is 0.226 e. The minimum absolute atomic E-state index is 0.188. The van der Waals surface area contributed by atoms with Gasteiger partial charge in [-0.1, -0.05) is 35.0 Å². The highest BCUT2D eigenvalue weighted by Gasteiger charge is 2.41. The van der Waals surface area contributed by atoms with E-state index < -0.39 is 0 Å². The molecular formula is C20H26N4O3. The second kappa shape index (κ2) is 7.40. The molecule has 0 N–H and O–H groups in total. The second-order valence-corrected chi connectivity index (χ2v) is 7.59. The summed E-state index contributed by atoms with van der Waals surface area (Å²) >= 11 is 0. The van der Waals surface area contributed by atoms with Gasteiger partial charge in [0, 0.05) is 20.2 Å². The Hall–Kier alpha value is -2.25. The molecule has 1 spiro atoms. The lowest BCUT2D eigenvalue weighted by Gasteiger charge is -2.43. The molecule has 1 saturated heterocycles. The molecule has 1 aromatic heterocycles. The first-order valence-electron chi connectivity index (χ1n) is 9.46. The van der Waals surface area contributed by atoms with E-state index >= 15 is 0 Å². The fourth-order valence-electron chi connectivity index (χ4n) is 3.90. The fraction of sp³-hybridized carbons (Fsp3) is 0.550. The van der Waals surface area contributed by atoms with Gasteiger partial charge in [-0.3, -0.25) is 4.79 Å². The van der Waals surface area contributed by atoms with Gasteiger partial charge in [0.2, 0.25) is 5.91 Å². The minimum Gasteiger partial charge on any atom is -0.378 e. The number of carbonyl (C=O) groups excluding carboxylic acids is 1. The summed E-state index contributed by atoms with van der Waals surface area (Å²) in [4.78, 5) is 14.6. The Morgan fingerprint density at radius 1 is 1.26 bits per heavy atom. The molecule has 144 valence electrons. The van der Waals surface area contributed by atoms with Crippen LogP contribution in [0.4, 0.5) is 0 Å². The molecule has 1 amide bonds. The number of hydrogen-bond acceptors (Lipinski definition) is 5. The molecular weight excluding hydrogens is 344 g/mol. The van der Waals surface area contributed by atoms with Crippen LogP contribution in [0.2, 0.25) is 0 Å². The summed E-state index contributed by atoms with van der Waals surface area (Å²) in [5.41, 5.74) is 3.88. The van der Waals surface area contributed by atoms with Crippen LogP contribution < -0.4 is 0 Å². The molecule has 0 unspecified atom stereocenters. The Labute approximate surface area is 159 Å². The van der Waals surface area contributed by atoms with Gasteiger partial charge >= 0.3 is 0 Å². The van der Waals surface area contributed by atoms with Crippen molar-refractivity contribution in [3.63, 3.8) is 0 Å². The maximum atomic E-state index is 12.6. The lowest BCUT2D eigenvalue weighted by molar-refractivity contribution is -0.145. The highest BCUT2D eigenvalue weighted by molar-refractivity contribution is 5.78. The highest BCUT2D eigenvalue weighted by Crippen LogP contribution is 2.33. The second-order valence-electron chi connectivity index (χ2n) is 7.59. The number of hydrogen-bond donors (Lipinski definition) is 0. The molecule has 2 aliphatic rings. The first kappa shape index (κ1) is 18.1. The topological polar surface area (TPSA) is 69.5 Å². The van der Waals surface area contributed by atoms with Gasteiger partial charge in [0.1, 0.15) is 5.69 Å². The Bertz CT molecular complexity index is 807. The Morgan fingerprint density at radius 3 is 2.70 bits per heavy atom. The van der Waals surface area contributed by atoms with E-state index in [1.54, 1.807) is 7.11 Å². The highest BCUT2D eigenvalue weighted by atomic mass is 16.5. The number of benzene rings is 1. The fourth-order valence-corrected chi connectivity index (χ4v) is 3.90. The number of fused-ring (bicyclic) bond motifs is 1. The summed E-state index contributed by atoms with van der Waals surface area (Å²) in [6, 6.07) is 8.17. The predicted octanol–water partition coefficient (Wildman–Crippen LogP) is 1.87. The van der Waals surface area contributed by atoms with E-state index in [0.717, 1.165) is 42.9 Å². The number of rotatable bonds is 4. The molecule has 4 rings (SSSR count). The molecule has 3 heterocycles. The van der Waals surface area contributed by atoms with E-state index in [0.29, 0.717) is 26.2 Å². The Balaban J connectivity index is 1.35. The summed E-state index contributed by atoms with van der Waals surface area (Å²) < 4.78 is 13.4. The van der Waals surface area contributed by atoms with Crippen LogP contribution in [0, 0.1) is 6.92 Å². The lowest BCUT2D eigenvalue weighted by Crippen LogP contribution is -2.52. The lowest BCUT2D eigenvalue weighted by atomic mass is 9.89. The summed E-state index contributed by atoms with van der Waals surface area (Å²) in [6.45, 7) is 5.15. The van der Waals surface area contributed by atoms with Gasteiger partial charge in [0.25, 0.3) is 0 Å². The van der Waals surface area contributed by atoms with Crippen LogP contribution in [0.1, 0.15) is 35.4 Å². The number of aromatic nitrogens is 3. The van der Waals surface area contributed by atoms with Crippen LogP contribution in [-0.4, -0.2) is 51.6 Å². The molecule has 7 heteroatoms. The molecule has 2 aromatic rings. The average Bonchev–Trinajstić information content (AvgIpc) is 3.06. The van der Waals surface area contributed by atoms with Crippen molar-refractivity contribution in [1.29, 1.82) is 0 Å². The van der Waals surface area contributed by atoms with Crippen molar-refractivity contribution in [3.8, 4) is 0 Å². The van der Waals surface area contributed by atoms with E-state index in [-0.39, 0.29) is 11.5 Å². The van der Waals surface area contributed by atoms with Gasteiger partial charge in [-0.05, 0) is 25.3 Å². The number of piperidine rings is 1. The first-order chi connectivity index (χ1) is 13.1. The van der Waals surface area contributed by atoms with Crippen LogP contribution in [0.3, 0.4) is 0 Å². The van der Waals surface area contributed by atoms with E-state index in [1.807, 2.05) is 21.7 Å². The first-order valence-corrected chi connectivity index (χ1v) is 9.46. The van der Waals surface area contributed by atoms with Gasteiger partial charge < -0.3 is 14.4 Å². The van der Waals surface area contributed by atoms with Crippen molar-refractivity contribution in [2.75, 3.05) is 20.2 Å². The molecule has 2 aliphatic heterocycles. The van der Waals surface area contributed by atoms with Crippen molar-refractivity contribution in [3.05, 3.63) is 46.8 Å². The molecule has 0 bridgehead atoms. The third kappa shape index (κ3) is 3.75. The van der Waals surface area contributed by atoms with Crippen LogP contribution in [0.15, 0.2) is 24.3 Å². The molecule has 27 heavy (non-hydrogen) atoms. The monoisotopic (exact) mass is 370 g/mol. The Morgan fingerprint density at radius 2 is 2.00 bits per heavy atom. The van der Waals surface area contributed by atoms with E-state index in [2.05, 4.69) is 29.4 Å². The quantitative estimate of drug-likeness (QED) is 0.822. The summed E-state index contributed by atoms with van der Waals surface area (Å²) in [5, 5.41) is 8.47. The average molecular weight is 370 g/mol. The van der Waals surface area contributed by atoms with Gasteiger partial charge in [0.05, 0.1) is 37.5 Å². The molecule has 0 aliphatic carbocycles. The van der Waals surface area contributed by atoms with Crippen LogP contribution in [-0.2, 0) is 40.4 Å². The minimum atomic E-state index is -0.244. The number of likely N-dealkylation sites (tertiary alicyclic amines) is 1. The summed E-state index contributed by atoms with van der Waals surface area (Å²) in [6.07, 6.45) is 2.11. The van der Waals surface area contributed by atoms with Gasteiger partial charge in [-0.2, -0.15) is 0 Å². The summed E-state index contributed by atoms with van der Waals surface area (Å²) in [5.74, 6) is 0.188. The number of carbonyl (C=O) groups is 1. The van der Waals surface area contributed by atoms with Crippen molar-refractivity contribution in [2.45, 2.75) is 51.5 Å². The van der Waals surface area contributed by atoms with Crippen molar-refractivity contribution >= 4 is 5.91 Å². The number of aryl methyl sites for hydroxylation is 1. The van der Waals surface area contributed by atoms with Gasteiger partial charge in [-0.15, -0.1) is 5.10 Å². The standard InChI is InChI=1S/C20H26N4O3/c1-15-3-5-16(6-4-15)11-19(25)23-9-7-20(8-10-23)14-24-18(13-27-20)17(12-26-2)21-22-24/h3-6H,7-14H2,1-2H3. The van der Waals surface area contributed by atoms with E-state index in [4.69, 9.17) is 9.47 Å². The van der Waals surface area contributed by atoms with Crippen LogP contribution in [0.5, 0.6) is 0 Å². The zero-order valence-electron chi connectivity index (χ0n) is 16.0. The maximum absolute atomic E-state index is 12.6. The molecule has 7 nitrogen and oxygen atoms in total. The van der Waals surface area contributed by atoms with E-state index in [9.17, 15) is 4.79 Å². The number of nitrogens with zero attached hydrogens (tertiary/aromatic N) is 4. The normalized spacial score (nSPS) is 18.5. The molecule has 1 aromatic carbocycles. The zero-order valence-corrected chi connectivity index (χ0v) is 16.0. The zero-order chi connectivity index (χ0) is 18.9. The summed E-state index contributed by atoms with van der Waals surface area (Å²) in [7, 11) is 1.65. The van der Waals surface area contributed by atoms with Crippen LogP contribution in [0.25, 0.3) is 0 Å². The molecule has 1 fully saturated rings.